The van der Waals surface area contributed by atoms with Crippen LogP contribution in [0.4, 0.5) is 0 Å². The standard InChI is InChI=1S/C20H31NO/c1-12(18-8-13-2-3-17(18)7-13)21-19(22)20-9-14-4-15(10-20)6-16(5-14)11-20/h12-18H,2-11H2,1H3,(H,21,22)/t12-,13+,14?,15?,16?,17+,18-,20?/m1/s1. The van der Waals surface area contributed by atoms with Gasteiger partial charge in [0.1, 0.15) is 0 Å². The Hall–Kier alpha value is -0.530. The highest BCUT2D eigenvalue weighted by atomic mass is 16.2. The van der Waals surface area contributed by atoms with Crippen LogP contribution in [0.15, 0.2) is 0 Å². The lowest BCUT2D eigenvalue weighted by Gasteiger charge is -2.56. The van der Waals surface area contributed by atoms with Gasteiger partial charge in [0.05, 0.1) is 0 Å². The summed E-state index contributed by atoms with van der Waals surface area (Å²) in [4.78, 5) is 13.2. The van der Waals surface area contributed by atoms with Crippen molar-refractivity contribution in [1.82, 2.24) is 5.32 Å². The lowest BCUT2D eigenvalue weighted by molar-refractivity contribution is -0.147. The van der Waals surface area contributed by atoms with Crippen LogP contribution in [0.1, 0.15) is 71.1 Å². The van der Waals surface area contributed by atoms with Gasteiger partial charge < -0.3 is 5.32 Å². The van der Waals surface area contributed by atoms with E-state index in [0.717, 1.165) is 35.5 Å². The molecular weight excluding hydrogens is 270 g/mol. The molecule has 0 aromatic rings. The average molecular weight is 301 g/mol. The Balaban J connectivity index is 1.29. The molecule has 6 saturated carbocycles. The lowest BCUT2D eigenvalue weighted by Crippen LogP contribution is -2.55. The molecule has 6 bridgehead atoms. The van der Waals surface area contributed by atoms with E-state index in [4.69, 9.17) is 0 Å². The minimum absolute atomic E-state index is 0.0423. The van der Waals surface area contributed by atoms with Gasteiger partial charge in [-0.05, 0) is 100 Å². The number of carbonyl (C=O) groups is 1. The van der Waals surface area contributed by atoms with Gasteiger partial charge in [-0.3, -0.25) is 4.79 Å². The first kappa shape index (κ1) is 13.9. The van der Waals surface area contributed by atoms with E-state index in [-0.39, 0.29) is 5.41 Å². The molecule has 0 aromatic heterocycles. The van der Waals surface area contributed by atoms with Gasteiger partial charge in [0.25, 0.3) is 0 Å². The van der Waals surface area contributed by atoms with Gasteiger partial charge in [0.2, 0.25) is 5.91 Å². The normalized spacial score (nSPS) is 53.0. The summed E-state index contributed by atoms with van der Waals surface area (Å²) in [5.41, 5.74) is 0.0423. The topological polar surface area (TPSA) is 29.1 Å². The summed E-state index contributed by atoms with van der Waals surface area (Å²) < 4.78 is 0. The van der Waals surface area contributed by atoms with Gasteiger partial charge >= 0.3 is 0 Å². The Morgan fingerprint density at radius 1 is 0.909 bits per heavy atom. The molecule has 1 N–H and O–H groups in total. The maximum atomic E-state index is 13.2. The number of nitrogens with one attached hydrogen (secondary N) is 1. The van der Waals surface area contributed by atoms with Crippen molar-refractivity contribution in [2.45, 2.75) is 77.2 Å². The first-order chi connectivity index (χ1) is 10.6. The smallest absolute Gasteiger partial charge is 0.226 e. The molecule has 4 atom stereocenters. The summed E-state index contributed by atoms with van der Waals surface area (Å²) in [5.74, 6) is 5.73. The van der Waals surface area contributed by atoms with Crippen LogP contribution in [0.2, 0.25) is 0 Å². The predicted octanol–water partition coefficient (Wildman–Crippen LogP) is 4.14. The summed E-state index contributed by atoms with van der Waals surface area (Å²) >= 11 is 0. The molecule has 0 aliphatic heterocycles. The first-order valence-corrected chi connectivity index (χ1v) is 9.92. The van der Waals surface area contributed by atoms with E-state index in [2.05, 4.69) is 12.2 Å². The van der Waals surface area contributed by atoms with Crippen molar-refractivity contribution < 1.29 is 4.79 Å². The van der Waals surface area contributed by atoms with Crippen molar-refractivity contribution in [3.8, 4) is 0 Å². The third-order valence-electron chi connectivity index (χ3n) is 8.31. The van der Waals surface area contributed by atoms with E-state index < -0.39 is 0 Å². The summed E-state index contributed by atoms with van der Waals surface area (Å²) in [6.07, 6.45) is 13.6. The fourth-order valence-corrected chi connectivity index (χ4v) is 7.76. The van der Waals surface area contributed by atoms with E-state index in [1.165, 1.54) is 64.2 Å². The van der Waals surface area contributed by atoms with Crippen molar-refractivity contribution >= 4 is 5.91 Å². The molecule has 0 spiro atoms. The molecule has 6 aliphatic carbocycles. The Labute approximate surface area is 134 Å². The molecule has 6 rings (SSSR count). The molecular formula is C20H31NO. The zero-order valence-electron chi connectivity index (χ0n) is 14.0. The minimum atomic E-state index is 0.0423. The SMILES string of the molecule is C[C@@H](NC(=O)C12CC3CC(CC(C3)C1)C2)[C@H]1C[C@H]2CC[C@H]1C2. The Bertz CT molecular complexity index is 449. The highest BCUT2D eigenvalue weighted by Crippen LogP contribution is 2.60. The van der Waals surface area contributed by atoms with Crippen LogP contribution in [-0.4, -0.2) is 11.9 Å². The second-order valence-corrected chi connectivity index (χ2v) is 9.80. The van der Waals surface area contributed by atoms with Crippen LogP contribution in [0.5, 0.6) is 0 Å². The number of carbonyl (C=O) groups excluding carboxylic acids is 1. The van der Waals surface area contributed by atoms with E-state index in [9.17, 15) is 4.79 Å². The molecule has 0 unspecified atom stereocenters. The Kier molecular flexibility index (Phi) is 2.99. The van der Waals surface area contributed by atoms with Gasteiger partial charge in [-0.15, -0.1) is 0 Å². The number of hydrogen-bond acceptors (Lipinski definition) is 1. The van der Waals surface area contributed by atoms with Crippen LogP contribution in [0, 0.1) is 40.9 Å². The quantitative estimate of drug-likeness (QED) is 0.834. The van der Waals surface area contributed by atoms with Crippen LogP contribution >= 0.6 is 0 Å². The molecule has 6 fully saturated rings. The van der Waals surface area contributed by atoms with E-state index in [1.54, 1.807) is 0 Å². The molecule has 0 heterocycles. The van der Waals surface area contributed by atoms with Crippen LogP contribution in [0.25, 0.3) is 0 Å². The molecule has 0 aromatic carbocycles. The molecule has 1 amide bonds. The van der Waals surface area contributed by atoms with Gasteiger partial charge in [0.15, 0.2) is 0 Å². The Morgan fingerprint density at radius 2 is 1.55 bits per heavy atom. The largest absolute Gasteiger partial charge is 0.353 e. The zero-order valence-corrected chi connectivity index (χ0v) is 14.0. The van der Waals surface area contributed by atoms with E-state index in [0.29, 0.717) is 11.9 Å². The van der Waals surface area contributed by atoms with Gasteiger partial charge in [-0.1, -0.05) is 6.42 Å². The molecule has 2 nitrogen and oxygen atoms in total. The predicted molar refractivity (Wildman–Crippen MR) is 87.1 cm³/mol. The summed E-state index contributed by atoms with van der Waals surface area (Å²) in [6, 6.07) is 0.413. The summed E-state index contributed by atoms with van der Waals surface area (Å²) in [7, 11) is 0. The number of fused-ring (bicyclic) bond motifs is 2. The monoisotopic (exact) mass is 301 g/mol. The molecule has 6 aliphatic rings. The summed E-state index contributed by atoms with van der Waals surface area (Å²) in [5, 5.41) is 3.52. The van der Waals surface area contributed by atoms with Crippen molar-refractivity contribution in [2.24, 2.45) is 40.9 Å². The fraction of sp³-hybridized carbons (Fsp3) is 0.950. The highest BCUT2D eigenvalue weighted by molar-refractivity contribution is 5.83. The first-order valence-electron chi connectivity index (χ1n) is 9.92. The maximum Gasteiger partial charge on any atom is 0.226 e. The highest BCUT2D eigenvalue weighted by Gasteiger charge is 2.55. The van der Waals surface area contributed by atoms with E-state index >= 15 is 0 Å². The second kappa shape index (κ2) is 4.74. The van der Waals surface area contributed by atoms with Gasteiger partial charge in [0, 0.05) is 11.5 Å². The van der Waals surface area contributed by atoms with Gasteiger partial charge in [-0.2, -0.15) is 0 Å². The average Bonchev–Trinajstić information content (AvgIpc) is 3.08. The summed E-state index contributed by atoms with van der Waals surface area (Å²) in [6.45, 7) is 2.30. The Morgan fingerprint density at radius 3 is 2.05 bits per heavy atom. The maximum absolute atomic E-state index is 13.2. The van der Waals surface area contributed by atoms with Crippen LogP contribution in [0.3, 0.4) is 0 Å². The molecule has 122 valence electrons. The third-order valence-corrected chi connectivity index (χ3v) is 8.31. The zero-order chi connectivity index (χ0) is 14.9. The fourth-order valence-electron chi connectivity index (χ4n) is 7.76. The number of hydrogen-bond donors (Lipinski definition) is 1. The lowest BCUT2D eigenvalue weighted by atomic mass is 9.49. The molecule has 0 radical (unpaired) electrons. The van der Waals surface area contributed by atoms with Crippen LogP contribution in [-0.2, 0) is 4.79 Å². The van der Waals surface area contributed by atoms with Crippen molar-refractivity contribution in [3.63, 3.8) is 0 Å². The minimum Gasteiger partial charge on any atom is -0.353 e. The van der Waals surface area contributed by atoms with Crippen molar-refractivity contribution in [3.05, 3.63) is 0 Å². The third kappa shape index (κ3) is 2.01. The van der Waals surface area contributed by atoms with Crippen molar-refractivity contribution in [2.75, 3.05) is 0 Å². The second-order valence-electron chi connectivity index (χ2n) is 9.80. The molecule has 2 heteroatoms. The number of amides is 1. The number of rotatable bonds is 3. The van der Waals surface area contributed by atoms with Crippen molar-refractivity contribution in [1.29, 1.82) is 0 Å². The molecule has 22 heavy (non-hydrogen) atoms. The van der Waals surface area contributed by atoms with E-state index in [1.807, 2.05) is 0 Å². The van der Waals surface area contributed by atoms with Crippen LogP contribution < -0.4 is 5.32 Å². The van der Waals surface area contributed by atoms with Gasteiger partial charge in [-0.25, -0.2) is 0 Å². The molecule has 0 saturated heterocycles.